The number of ketones is 1. The number of halogens is 1. The van der Waals surface area contributed by atoms with Gasteiger partial charge < -0.3 is 4.74 Å². The lowest BCUT2D eigenvalue weighted by atomic mass is 9.99. The van der Waals surface area contributed by atoms with Gasteiger partial charge in [0.2, 0.25) is 5.78 Å². The van der Waals surface area contributed by atoms with Gasteiger partial charge in [0.25, 0.3) is 0 Å². The van der Waals surface area contributed by atoms with Crippen LogP contribution < -0.4 is 0 Å². The third-order valence-electron chi connectivity index (χ3n) is 3.13. The first-order chi connectivity index (χ1) is 9.94. The fourth-order valence-electron chi connectivity index (χ4n) is 1.69. The Kier molecular flexibility index (Phi) is 4.55. The van der Waals surface area contributed by atoms with Crippen LogP contribution in [0.3, 0.4) is 0 Å². The number of carbonyl (C=O) groups is 1. The molecule has 0 bridgehead atoms. The Morgan fingerprint density at radius 2 is 2.00 bits per heavy atom. The van der Waals surface area contributed by atoms with Crippen molar-refractivity contribution in [3.63, 3.8) is 0 Å². The second kappa shape index (κ2) is 6.20. The third-order valence-corrected chi connectivity index (χ3v) is 3.38. The van der Waals surface area contributed by atoms with Crippen LogP contribution in [-0.2, 0) is 9.53 Å². The van der Waals surface area contributed by atoms with E-state index in [4.69, 9.17) is 16.3 Å². The zero-order valence-electron chi connectivity index (χ0n) is 12.1. The molecule has 0 fully saturated rings. The van der Waals surface area contributed by atoms with Gasteiger partial charge in [0.05, 0.1) is 0 Å². The van der Waals surface area contributed by atoms with E-state index in [0.717, 1.165) is 5.56 Å². The minimum absolute atomic E-state index is 0.189. The van der Waals surface area contributed by atoms with Crippen molar-refractivity contribution in [1.29, 1.82) is 0 Å². The summed E-state index contributed by atoms with van der Waals surface area (Å²) >= 11 is 5.87. The van der Waals surface area contributed by atoms with E-state index in [2.05, 4.69) is 10.1 Å². The van der Waals surface area contributed by atoms with Gasteiger partial charge in [-0.25, -0.2) is 9.67 Å². The summed E-state index contributed by atoms with van der Waals surface area (Å²) in [5.74, 6) is -0.189. The maximum Gasteiger partial charge on any atom is 0.212 e. The van der Waals surface area contributed by atoms with Gasteiger partial charge in [-0.15, -0.1) is 0 Å². The van der Waals surface area contributed by atoms with Gasteiger partial charge in [-0.1, -0.05) is 23.7 Å². The molecule has 1 aromatic heterocycles. The minimum atomic E-state index is -0.954. The molecule has 0 saturated heterocycles. The summed E-state index contributed by atoms with van der Waals surface area (Å²) < 4.78 is 6.69. The highest BCUT2D eigenvalue weighted by Gasteiger charge is 2.31. The Morgan fingerprint density at radius 1 is 1.33 bits per heavy atom. The number of ether oxygens (including phenoxy) is 1. The van der Waals surface area contributed by atoms with Crippen LogP contribution >= 0.6 is 11.6 Å². The Balaban J connectivity index is 2.47. The second-order valence-electron chi connectivity index (χ2n) is 4.96. The standard InChI is InChI=1S/C15H16ClN3O2/c1-15(2,21-3)14(20)13(19-10-17-9-18-19)8-11-4-6-12(16)7-5-11/h4-10H,1-3H3. The number of rotatable bonds is 5. The molecule has 0 saturated carbocycles. The average molecular weight is 306 g/mol. The van der Waals surface area contributed by atoms with Crippen LogP contribution in [0.4, 0.5) is 0 Å². The average Bonchev–Trinajstić information content (AvgIpc) is 3.00. The van der Waals surface area contributed by atoms with Crippen LogP contribution in [0.5, 0.6) is 0 Å². The highest BCUT2D eigenvalue weighted by atomic mass is 35.5. The molecule has 6 heteroatoms. The van der Waals surface area contributed by atoms with Gasteiger partial charge in [0, 0.05) is 12.1 Å². The second-order valence-corrected chi connectivity index (χ2v) is 5.40. The summed E-state index contributed by atoms with van der Waals surface area (Å²) in [7, 11) is 1.50. The largest absolute Gasteiger partial charge is 0.371 e. The molecular formula is C15H16ClN3O2. The number of nitrogens with zero attached hydrogens (tertiary/aromatic N) is 3. The zero-order chi connectivity index (χ0) is 15.5. The monoisotopic (exact) mass is 305 g/mol. The molecule has 21 heavy (non-hydrogen) atoms. The van der Waals surface area contributed by atoms with Crippen LogP contribution in [0.2, 0.25) is 5.02 Å². The topological polar surface area (TPSA) is 57.0 Å². The minimum Gasteiger partial charge on any atom is -0.371 e. The summed E-state index contributed by atoms with van der Waals surface area (Å²) in [4.78, 5) is 16.5. The molecule has 0 aliphatic heterocycles. The van der Waals surface area contributed by atoms with Gasteiger partial charge in [0.15, 0.2) is 0 Å². The van der Waals surface area contributed by atoms with E-state index in [-0.39, 0.29) is 5.78 Å². The van der Waals surface area contributed by atoms with Crippen molar-refractivity contribution in [2.24, 2.45) is 0 Å². The fourth-order valence-corrected chi connectivity index (χ4v) is 1.81. The SMILES string of the molecule is COC(C)(C)C(=O)C(=Cc1ccc(Cl)cc1)n1cncn1. The molecule has 0 aliphatic carbocycles. The van der Waals surface area contributed by atoms with Crippen molar-refractivity contribution in [2.75, 3.05) is 7.11 Å². The van der Waals surface area contributed by atoms with Crippen LogP contribution in [0, 0.1) is 0 Å². The van der Waals surface area contributed by atoms with Gasteiger partial charge in [-0.3, -0.25) is 4.79 Å². The van der Waals surface area contributed by atoms with E-state index in [1.807, 2.05) is 12.1 Å². The number of hydrogen-bond donors (Lipinski definition) is 0. The maximum atomic E-state index is 12.7. The lowest BCUT2D eigenvalue weighted by Gasteiger charge is -2.22. The van der Waals surface area contributed by atoms with E-state index < -0.39 is 5.60 Å². The van der Waals surface area contributed by atoms with Crippen molar-refractivity contribution in [1.82, 2.24) is 14.8 Å². The molecule has 1 aromatic carbocycles. The number of hydrogen-bond acceptors (Lipinski definition) is 4. The lowest BCUT2D eigenvalue weighted by molar-refractivity contribution is -0.131. The fraction of sp³-hybridized carbons (Fsp3) is 0.267. The van der Waals surface area contributed by atoms with E-state index in [9.17, 15) is 4.79 Å². The molecule has 110 valence electrons. The molecule has 2 rings (SSSR count). The summed E-state index contributed by atoms with van der Waals surface area (Å²) in [6, 6.07) is 7.18. The summed E-state index contributed by atoms with van der Waals surface area (Å²) in [5, 5.41) is 4.67. The van der Waals surface area contributed by atoms with Crippen molar-refractivity contribution < 1.29 is 9.53 Å². The normalized spacial score (nSPS) is 12.5. The first-order valence-electron chi connectivity index (χ1n) is 6.36. The van der Waals surface area contributed by atoms with Gasteiger partial charge in [0.1, 0.15) is 24.0 Å². The van der Waals surface area contributed by atoms with Gasteiger partial charge in [-0.2, -0.15) is 5.10 Å². The van der Waals surface area contributed by atoms with E-state index in [1.165, 1.54) is 24.4 Å². The van der Waals surface area contributed by atoms with E-state index >= 15 is 0 Å². The summed E-state index contributed by atoms with van der Waals surface area (Å²) in [6.07, 6.45) is 4.59. The molecular weight excluding hydrogens is 290 g/mol. The number of carbonyl (C=O) groups excluding carboxylic acids is 1. The highest BCUT2D eigenvalue weighted by molar-refractivity contribution is 6.30. The Bertz CT molecular complexity index is 646. The highest BCUT2D eigenvalue weighted by Crippen LogP contribution is 2.21. The predicted octanol–water partition coefficient (Wildman–Crippen LogP) is 2.92. The van der Waals surface area contributed by atoms with Crippen LogP contribution in [0.25, 0.3) is 11.8 Å². The third kappa shape index (κ3) is 3.56. The number of aromatic nitrogens is 3. The molecule has 1 heterocycles. The van der Waals surface area contributed by atoms with Crippen molar-refractivity contribution >= 4 is 29.2 Å². The molecule has 0 amide bonds. The number of benzene rings is 1. The molecule has 0 aliphatic rings. The maximum absolute atomic E-state index is 12.7. The first kappa shape index (κ1) is 15.4. The van der Waals surface area contributed by atoms with Crippen molar-refractivity contribution in [3.8, 4) is 0 Å². The smallest absolute Gasteiger partial charge is 0.212 e. The zero-order valence-corrected chi connectivity index (χ0v) is 12.8. The number of Topliss-reactive ketones (excluding diaryl/α,β-unsaturated/α-hetero) is 1. The predicted molar refractivity (Wildman–Crippen MR) is 81.7 cm³/mol. The number of methoxy groups -OCH3 is 1. The molecule has 0 spiro atoms. The molecule has 0 atom stereocenters. The van der Waals surface area contributed by atoms with E-state index in [1.54, 1.807) is 32.1 Å². The quantitative estimate of drug-likeness (QED) is 0.797. The van der Waals surface area contributed by atoms with Crippen molar-refractivity contribution in [2.45, 2.75) is 19.4 Å². The van der Waals surface area contributed by atoms with Crippen LogP contribution in [0.1, 0.15) is 19.4 Å². The Hall–Kier alpha value is -1.98. The van der Waals surface area contributed by atoms with E-state index in [0.29, 0.717) is 10.7 Å². The Labute approximate surface area is 128 Å². The Morgan fingerprint density at radius 3 is 2.52 bits per heavy atom. The van der Waals surface area contributed by atoms with Crippen LogP contribution in [-0.4, -0.2) is 33.3 Å². The molecule has 2 aromatic rings. The summed E-state index contributed by atoms with van der Waals surface area (Å²) in [6.45, 7) is 3.42. The molecule has 0 unspecified atom stereocenters. The molecule has 0 radical (unpaired) electrons. The lowest BCUT2D eigenvalue weighted by Crippen LogP contribution is -2.35. The van der Waals surface area contributed by atoms with Gasteiger partial charge >= 0.3 is 0 Å². The molecule has 0 N–H and O–H groups in total. The first-order valence-corrected chi connectivity index (χ1v) is 6.74. The van der Waals surface area contributed by atoms with Crippen molar-refractivity contribution in [3.05, 3.63) is 47.5 Å². The van der Waals surface area contributed by atoms with Crippen LogP contribution in [0.15, 0.2) is 36.9 Å². The summed E-state index contributed by atoms with van der Waals surface area (Å²) in [5.41, 5.74) is 0.260. The molecule has 5 nitrogen and oxygen atoms in total. The van der Waals surface area contributed by atoms with Gasteiger partial charge in [-0.05, 0) is 37.6 Å².